The molecule has 178 valence electrons. The summed E-state index contributed by atoms with van der Waals surface area (Å²) in [5, 5.41) is 0. The third-order valence-corrected chi connectivity index (χ3v) is 6.61. The zero-order valence-electron chi connectivity index (χ0n) is 19.6. The fourth-order valence-corrected chi connectivity index (χ4v) is 5.01. The molecule has 0 saturated heterocycles. The molecule has 5 heteroatoms. The molecule has 2 heterocycles. The minimum Gasteiger partial charge on any atom is -0.457 e. The van der Waals surface area contributed by atoms with Crippen LogP contribution in [0.5, 0.6) is 34.5 Å². The first-order valence-corrected chi connectivity index (χ1v) is 12.0. The van der Waals surface area contributed by atoms with Gasteiger partial charge < -0.3 is 18.9 Å². The van der Waals surface area contributed by atoms with E-state index >= 15 is 0 Å². The normalized spacial score (nSPS) is 14.1. The minimum atomic E-state index is -1.15. The maximum atomic E-state index is 13.1. The summed E-state index contributed by atoms with van der Waals surface area (Å²) in [6, 6.07) is 37.8. The number of benzene rings is 5. The van der Waals surface area contributed by atoms with Crippen LogP contribution in [0, 0.1) is 0 Å². The molecule has 0 amide bonds. The van der Waals surface area contributed by atoms with Gasteiger partial charge >= 0.3 is 5.97 Å². The van der Waals surface area contributed by atoms with E-state index in [0.717, 1.165) is 16.7 Å². The molecule has 5 aromatic rings. The van der Waals surface area contributed by atoms with Crippen LogP contribution in [-0.4, -0.2) is 5.97 Å². The van der Waals surface area contributed by atoms with E-state index in [1.165, 1.54) is 0 Å². The second-order valence-corrected chi connectivity index (χ2v) is 8.86. The van der Waals surface area contributed by atoms with Crippen molar-refractivity contribution in [1.82, 2.24) is 0 Å². The van der Waals surface area contributed by atoms with Gasteiger partial charge in [0.1, 0.15) is 34.5 Å². The first-order chi connectivity index (χ1) is 18.2. The standard InChI is InChI=1S/C32H20O5/c33-31-25-13-7-8-14-26(25)32(37-31)27-17-15-23(34-21-9-3-1-4-10-21)19-29(27)36-30-20-24(16-18-28(30)32)35-22-11-5-2-6-12-22/h1-20H. The highest BCUT2D eigenvalue weighted by Gasteiger charge is 2.53. The van der Waals surface area contributed by atoms with Crippen molar-refractivity contribution in [2.24, 2.45) is 0 Å². The average molecular weight is 485 g/mol. The number of esters is 1. The summed E-state index contributed by atoms with van der Waals surface area (Å²) < 4.78 is 24.8. The molecule has 0 unspecified atom stereocenters. The molecule has 0 radical (unpaired) electrons. The van der Waals surface area contributed by atoms with Gasteiger partial charge in [0.15, 0.2) is 5.60 Å². The van der Waals surface area contributed by atoms with Gasteiger partial charge in [-0.3, -0.25) is 0 Å². The van der Waals surface area contributed by atoms with Crippen LogP contribution in [0.3, 0.4) is 0 Å². The van der Waals surface area contributed by atoms with Crippen LogP contribution < -0.4 is 14.2 Å². The molecule has 5 nitrogen and oxygen atoms in total. The van der Waals surface area contributed by atoms with Crippen molar-refractivity contribution >= 4 is 5.97 Å². The first kappa shape index (κ1) is 21.3. The maximum absolute atomic E-state index is 13.1. The molecule has 0 aliphatic carbocycles. The lowest BCUT2D eigenvalue weighted by Crippen LogP contribution is -2.33. The van der Waals surface area contributed by atoms with Crippen molar-refractivity contribution in [2.45, 2.75) is 5.60 Å². The van der Waals surface area contributed by atoms with Crippen LogP contribution in [0.1, 0.15) is 27.0 Å². The van der Waals surface area contributed by atoms with Gasteiger partial charge in [-0.1, -0.05) is 54.6 Å². The lowest BCUT2D eigenvalue weighted by atomic mass is 9.77. The Hall–Kier alpha value is -5.03. The van der Waals surface area contributed by atoms with E-state index in [-0.39, 0.29) is 5.97 Å². The molecule has 5 aromatic carbocycles. The molecule has 2 aliphatic heterocycles. The molecule has 0 bridgehead atoms. The number of carbonyl (C=O) groups excluding carboxylic acids is 1. The number of ether oxygens (including phenoxy) is 4. The van der Waals surface area contributed by atoms with Crippen molar-refractivity contribution in [2.75, 3.05) is 0 Å². The molecule has 1 spiro atoms. The van der Waals surface area contributed by atoms with Crippen LogP contribution in [-0.2, 0) is 10.3 Å². The second kappa shape index (κ2) is 8.28. The molecule has 37 heavy (non-hydrogen) atoms. The number of fused-ring (bicyclic) bond motifs is 6. The summed E-state index contributed by atoms with van der Waals surface area (Å²) in [7, 11) is 0. The van der Waals surface area contributed by atoms with Gasteiger partial charge in [0.2, 0.25) is 0 Å². The van der Waals surface area contributed by atoms with E-state index in [9.17, 15) is 4.79 Å². The smallest absolute Gasteiger partial charge is 0.340 e. The van der Waals surface area contributed by atoms with Crippen LogP contribution >= 0.6 is 0 Å². The highest BCUT2D eigenvalue weighted by Crippen LogP contribution is 2.57. The Bertz CT molecular complexity index is 1550. The Morgan fingerprint density at radius 1 is 0.514 bits per heavy atom. The molecular weight excluding hydrogens is 464 g/mol. The van der Waals surface area contributed by atoms with Crippen LogP contribution in [0.15, 0.2) is 121 Å². The van der Waals surface area contributed by atoms with E-state index < -0.39 is 5.60 Å². The zero-order valence-corrected chi connectivity index (χ0v) is 19.6. The summed E-state index contributed by atoms with van der Waals surface area (Å²) in [4.78, 5) is 13.1. The third-order valence-electron chi connectivity index (χ3n) is 6.61. The molecular formula is C32H20O5. The SMILES string of the molecule is O=C1OC2(c3ccc(Oc4ccccc4)cc3Oc3cc(Oc4ccccc4)ccc32)c2ccccc21. The topological polar surface area (TPSA) is 54.0 Å². The maximum Gasteiger partial charge on any atom is 0.340 e. The van der Waals surface area contributed by atoms with Gasteiger partial charge in [-0.25, -0.2) is 4.79 Å². The van der Waals surface area contributed by atoms with Gasteiger partial charge in [-0.05, 0) is 54.6 Å². The van der Waals surface area contributed by atoms with E-state index in [4.69, 9.17) is 18.9 Å². The summed E-state index contributed by atoms with van der Waals surface area (Å²) in [6.07, 6.45) is 0. The van der Waals surface area contributed by atoms with Gasteiger partial charge in [-0.15, -0.1) is 0 Å². The predicted octanol–water partition coefficient (Wildman–Crippen LogP) is 7.84. The van der Waals surface area contributed by atoms with E-state index in [0.29, 0.717) is 40.1 Å². The second-order valence-electron chi connectivity index (χ2n) is 8.86. The number of hydrogen-bond acceptors (Lipinski definition) is 5. The highest BCUT2D eigenvalue weighted by molar-refractivity contribution is 5.97. The van der Waals surface area contributed by atoms with Crippen LogP contribution in [0.25, 0.3) is 0 Å². The monoisotopic (exact) mass is 484 g/mol. The van der Waals surface area contributed by atoms with E-state index in [2.05, 4.69) is 0 Å². The Morgan fingerprint density at radius 2 is 1.03 bits per heavy atom. The average Bonchev–Trinajstić information content (AvgIpc) is 3.22. The van der Waals surface area contributed by atoms with Gasteiger partial charge in [0.05, 0.1) is 5.56 Å². The Labute approximate surface area is 213 Å². The first-order valence-electron chi connectivity index (χ1n) is 12.0. The number of rotatable bonds is 4. The van der Waals surface area contributed by atoms with Crippen molar-refractivity contribution in [3.8, 4) is 34.5 Å². The van der Waals surface area contributed by atoms with E-state index in [1.54, 1.807) is 6.07 Å². The third kappa shape index (κ3) is 3.44. The fourth-order valence-electron chi connectivity index (χ4n) is 5.01. The fraction of sp³-hybridized carbons (Fsp3) is 0.0312. The Morgan fingerprint density at radius 3 is 1.59 bits per heavy atom. The van der Waals surface area contributed by atoms with Crippen molar-refractivity contribution < 1.29 is 23.7 Å². The zero-order chi connectivity index (χ0) is 24.8. The summed E-state index contributed by atoms with van der Waals surface area (Å²) in [5.41, 5.74) is 1.63. The minimum absolute atomic E-state index is 0.372. The Kier molecular flexibility index (Phi) is 4.76. The van der Waals surface area contributed by atoms with Crippen LogP contribution in [0.2, 0.25) is 0 Å². The summed E-state index contributed by atoms with van der Waals surface area (Å²) in [6.45, 7) is 0. The summed E-state index contributed by atoms with van der Waals surface area (Å²) in [5.74, 6) is 3.36. The Balaban J connectivity index is 1.38. The molecule has 0 N–H and O–H groups in total. The predicted molar refractivity (Wildman–Crippen MR) is 138 cm³/mol. The van der Waals surface area contributed by atoms with Gasteiger partial charge in [-0.2, -0.15) is 0 Å². The van der Waals surface area contributed by atoms with Gasteiger partial charge in [0.25, 0.3) is 0 Å². The van der Waals surface area contributed by atoms with Crippen molar-refractivity contribution in [3.05, 3.63) is 144 Å². The van der Waals surface area contributed by atoms with Crippen LogP contribution in [0.4, 0.5) is 0 Å². The largest absolute Gasteiger partial charge is 0.457 e. The van der Waals surface area contributed by atoms with Crippen molar-refractivity contribution in [1.29, 1.82) is 0 Å². The summed E-state index contributed by atoms with van der Waals surface area (Å²) >= 11 is 0. The highest BCUT2D eigenvalue weighted by atomic mass is 16.6. The molecule has 0 saturated carbocycles. The number of hydrogen-bond donors (Lipinski definition) is 0. The molecule has 0 fully saturated rings. The number of carbonyl (C=O) groups is 1. The number of para-hydroxylation sites is 2. The molecule has 0 atom stereocenters. The lowest BCUT2D eigenvalue weighted by Gasteiger charge is -2.36. The molecule has 7 rings (SSSR count). The van der Waals surface area contributed by atoms with Crippen molar-refractivity contribution in [3.63, 3.8) is 0 Å². The van der Waals surface area contributed by atoms with Gasteiger partial charge in [0, 0.05) is 28.8 Å². The quantitative estimate of drug-likeness (QED) is 0.243. The molecule has 2 aliphatic rings. The molecule has 0 aromatic heterocycles. The lowest BCUT2D eigenvalue weighted by molar-refractivity contribution is 0.0224. The van der Waals surface area contributed by atoms with E-state index in [1.807, 2.05) is 115 Å².